The van der Waals surface area contributed by atoms with Crippen LogP contribution < -0.4 is 14.8 Å². The number of imide groups is 1. The van der Waals surface area contributed by atoms with Gasteiger partial charge in [-0.25, -0.2) is 0 Å². The van der Waals surface area contributed by atoms with Crippen molar-refractivity contribution in [3.05, 3.63) is 91.3 Å². The molecule has 39 heavy (non-hydrogen) atoms. The maximum Gasteiger partial charge on any atom is 0.294 e. The number of ether oxygens (including phenoxy) is 2. The fraction of sp³-hybridized carbons (Fsp3) is 0.207. The Morgan fingerprint density at radius 2 is 1.82 bits per heavy atom. The molecular formula is C29H26BrClN2O5S. The van der Waals surface area contributed by atoms with Gasteiger partial charge in [-0.15, -0.1) is 0 Å². The SMILES string of the molecule is CCOc1cc(/C=C2/SC(=O)N(CC(=O)Nc3cc(C)ccc3C)C2=O)cc(Br)c1OCc1ccc(Cl)cc1. The Bertz CT molecular complexity index is 1460. The molecule has 0 spiro atoms. The zero-order chi connectivity index (χ0) is 28.1. The van der Waals surface area contributed by atoms with Crippen LogP contribution in [0.15, 0.2) is 64.0 Å². The van der Waals surface area contributed by atoms with E-state index >= 15 is 0 Å². The van der Waals surface area contributed by atoms with Crippen molar-refractivity contribution in [2.75, 3.05) is 18.5 Å². The summed E-state index contributed by atoms with van der Waals surface area (Å²) in [5.41, 5.74) is 4.10. The Morgan fingerprint density at radius 3 is 2.54 bits per heavy atom. The number of hydrogen-bond donors (Lipinski definition) is 1. The van der Waals surface area contributed by atoms with Crippen molar-refractivity contribution in [2.45, 2.75) is 27.4 Å². The van der Waals surface area contributed by atoms with Crippen LogP contribution in [0.1, 0.15) is 29.2 Å². The Labute approximate surface area is 244 Å². The highest BCUT2D eigenvalue weighted by molar-refractivity contribution is 9.10. The fourth-order valence-electron chi connectivity index (χ4n) is 3.80. The number of benzene rings is 3. The minimum Gasteiger partial charge on any atom is -0.490 e. The molecule has 0 aromatic heterocycles. The average Bonchev–Trinajstić information content (AvgIpc) is 3.14. The van der Waals surface area contributed by atoms with Crippen molar-refractivity contribution >= 4 is 68.1 Å². The number of carbonyl (C=O) groups excluding carboxylic acids is 3. The Morgan fingerprint density at radius 1 is 1.08 bits per heavy atom. The number of carbonyl (C=O) groups is 3. The second-order valence-corrected chi connectivity index (χ2v) is 11.1. The average molecular weight is 630 g/mol. The molecule has 1 aliphatic rings. The number of hydrogen-bond acceptors (Lipinski definition) is 6. The summed E-state index contributed by atoms with van der Waals surface area (Å²) in [5.74, 6) is 0.0217. The third-order valence-electron chi connectivity index (χ3n) is 5.77. The van der Waals surface area contributed by atoms with Gasteiger partial charge >= 0.3 is 0 Å². The van der Waals surface area contributed by atoms with E-state index in [1.54, 1.807) is 30.3 Å². The minimum absolute atomic E-state index is 0.212. The van der Waals surface area contributed by atoms with Crippen molar-refractivity contribution in [2.24, 2.45) is 0 Å². The summed E-state index contributed by atoms with van der Waals surface area (Å²) in [6, 6.07) is 16.6. The maximum atomic E-state index is 13.0. The molecule has 0 unspecified atom stereocenters. The zero-order valence-corrected chi connectivity index (χ0v) is 24.7. The first-order valence-corrected chi connectivity index (χ1v) is 14.1. The first-order valence-electron chi connectivity index (χ1n) is 12.1. The van der Waals surface area contributed by atoms with Crippen LogP contribution in [0, 0.1) is 13.8 Å². The number of amides is 3. The molecule has 3 aromatic rings. The molecule has 1 N–H and O–H groups in total. The molecule has 202 valence electrons. The fourth-order valence-corrected chi connectivity index (χ4v) is 5.34. The van der Waals surface area contributed by atoms with E-state index in [2.05, 4.69) is 21.2 Å². The molecule has 10 heteroatoms. The first-order chi connectivity index (χ1) is 18.6. The van der Waals surface area contributed by atoms with Crippen LogP contribution in [-0.4, -0.2) is 35.1 Å². The monoisotopic (exact) mass is 628 g/mol. The van der Waals surface area contributed by atoms with E-state index in [1.807, 2.05) is 51.1 Å². The predicted molar refractivity (Wildman–Crippen MR) is 158 cm³/mol. The number of rotatable bonds is 9. The van der Waals surface area contributed by atoms with Crippen LogP contribution in [0.3, 0.4) is 0 Å². The molecule has 3 aromatic carbocycles. The third-order valence-corrected chi connectivity index (χ3v) is 7.52. The predicted octanol–water partition coefficient (Wildman–Crippen LogP) is 7.37. The highest BCUT2D eigenvalue weighted by Crippen LogP contribution is 2.39. The van der Waals surface area contributed by atoms with Crippen molar-refractivity contribution < 1.29 is 23.9 Å². The largest absolute Gasteiger partial charge is 0.490 e. The van der Waals surface area contributed by atoms with Crippen LogP contribution in [-0.2, 0) is 16.2 Å². The van der Waals surface area contributed by atoms with Gasteiger partial charge in [0.05, 0.1) is 16.0 Å². The van der Waals surface area contributed by atoms with Crippen LogP contribution in [0.4, 0.5) is 10.5 Å². The lowest BCUT2D eigenvalue weighted by Gasteiger charge is -2.15. The number of nitrogens with one attached hydrogen (secondary N) is 1. The molecule has 3 amide bonds. The standard InChI is InChI=1S/C29H26BrClN2O5S/c1-4-37-24-13-20(12-22(30)27(24)38-16-19-7-9-21(31)10-8-19)14-25-28(35)33(29(36)39-25)15-26(34)32-23-11-17(2)5-6-18(23)3/h5-14H,4,15-16H2,1-3H3,(H,32,34)/b25-14+. The lowest BCUT2D eigenvalue weighted by molar-refractivity contribution is -0.127. The van der Waals surface area contributed by atoms with Crippen molar-refractivity contribution in [3.63, 3.8) is 0 Å². The number of aryl methyl sites for hydroxylation is 2. The molecule has 0 saturated carbocycles. The summed E-state index contributed by atoms with van der Waals surface area (Å²) in [6.45, 7) is 5.99. The molecule has 7 nitrogen and oxygen atoms in total. The highest BCUT2D eigenvalue weighted by Gasteiger charge is 2.36. The van der Waals surface area contributed by atoms with Crippen LogP contribution in [0.25, 0.3) is 6.08 Å². The summed E-state index contributed by atoms with van der Waals surface area (Å²) in [5, 5.41) is 2.93. The van der Waals surface area contributed by atoms with E-state index in [0.29, 0.717) is 45.5 Å². The quantitative estimate of drug-likeness (QED) is 0.249. The third kappa shape index (κ3) is 7.23. The van der Waals surface area contributed by atoms with Crippen molar-refractivity contribution in [3.8, 4) is 11.5 Å². The van der Waals surface area contributed by atoms with E-state index in [0.717, 1.165) is 33.4 Å². The molecule has 0 aliphatic carbocycles. The summed E-state index contributed by atoms with van der Waals surface area (Å²) in [7, 11) is 0. The van der Waals surface area contributed by atoms with E-state index in [4.69, 9.17) is 21.1 Å². The summed E-state index contributed by atoms with van der Waals surface area (Å²) >= 11 is 10.3. The molecular weight excluding hydrogens is 604 g/mol. The lowest BCUT2D eigenvalue weighted by atomic mass is 10.1. The van der Waals surface area contributed by atoms with Crippen LogP contribution >= 0.6 is 39.3 Å². The Kier molecular flexibility index (Phi) is 9.37. The van der Waals surface area contributed by atoms with Crippen molar-refractivity contribution in [1.82, 2.24) is 4.90 Å². The molecule has 4 rings (SSSR count). The summed E-state index contributed by atoms with van der Waals surface area (Å²) < 4.78 is 12.4. The van der Waals surface area contributed by atoms with Crippen LogP contribution in [0.2, 0.25) is 5.02 Å². The van der Waals surface area contributed by atoms with Gasteiger partial charge in [0.25, 0.3) is 11.1 Å². The normalized spacial score (nSPS) is 14.2. The smallest absolute Gasteiger partial charge is 0.294 e. The Hall–Kier alpha value is -3.27. The second kappa shape index (κ2) is 12.7. The number of halogens is 2. The van der Waals surface area contributed by atoms with Gasteiger partial charge in [-0.1, -0.05) is 35.9 Å². The van der Waals surface area contributed by atoms with Gasteiger partial charge in [0, 0.05) is 10.7 Å². The number of thioether (sulfide) groups is 1. The molecule has 0 radical (unpaired) electrons. The van der Waals surface area contributed by atoms with E-state index < -0.39 is 17.1 Å². The van der Waals surface area contributed by atoms with Gasteiger partial charge in [-0.2, -0.15) is 0 Å². The lowest BCUT2D eigenvalue weighted by Crippen LogP contribution is -2.36. The first kappa shape index (κ1) is 28.7. The number of nitrogens with zero attached hydrogens (tertiary/aromatic N) is 1. The van der Waals surface area contributed by atoms with Gasteiger partial charge in [-0.05, 0) is 107 Å². The molecule has 0 bridgehead atoms. The maximum absolute atomic E-state index is 13.0. The van der Waals surface area contributed by atoms with Gasteiger partial charge in [0.15, 0.2) is 11.5 Å². The zero-order valence-electron chi connectivity index (χ0n) is 21.5. The second-order valence-electron chi connectivity index (χ2n) is 8.81. The van der Waals surface area contributed by atoms with Crippen molar-refractivity contribution in [1.29, 1.82) is 0 Å². The van der Waals surface area contributed by atoms with E-state index in [-0.39, 0.29) is 11.4 Å². The number of anilines is 1. The van der Waals surface area contributed by atoms with Gasteiger partial charge in [-0.3, -0.25) is 19.3 Å². The van der Waals surface area contributed by atoms with E-state index in [1.165, 1.54) is 0 Å². The highest BCUT2D eigenvalue weighted by atomic mass is 79.9. The molecule has 0 atom stereocenters. The van der Waals surface area contributed by atoms with Gasteiger partial charge in [0.1, 0.15) is 13.2 Å². The topological polar surface area (TPSA) is 84.9 Å². The molecule has 1 heterocycles. The Balaban J connectivity index is 1.49. The summed E-state index contributed by atoms with van der Waals surface area (Å²) in [4.78, 5) is 39.4. The van der Waals surface area contributed by atoms with Gasteiger partial charge < -0.3 is 14.8 Å². The molecule has 1 fully saturated rings. The molecule has 1 aliphatic heterocycles. The molecule has 1 saturated heterocycles. The summed E-state index contributed by atoms with van der Waals surface area (Å²) in [6.07, 6.45) is 1.60. The van der Waals surface area contributed by atoms with Crippen LogP contribution in [0.5, 0.6) is 11.5 Å². The minimum atomic E-state index is -0.529. The van der Waals surface area contributed by atoms with Gasteiger partial charge in [0.2, 0.25) is 5.91 Å². The van der Waals surface area contributed by atoms with E-state index in [9.17, 15) is 14.4 Å².